The lowest BCUT2D eigenvalue weighted by atomic mass is 10.1. The molecule has 2 heterocycles. The number of carbonyl (C=O) groups is 1. The Hall–Kier alpha value is -2.03. The van der Waals surface area contributed by atoms with Crippen molar-refractivity contribution in [3.8, 4) is 11.8 Å². The van der Waals surface area contributed by atoms with Crippen LogP contribution in [0.4, 0.5) is 0 Å². The zero-order valence-electron chi connectivity index (χ0n) is 19.9. The second kappa shape index (κ2) is 9.63. The quantitative estimate of drug-likeness (QED) is 0.522. The maximum atomic E-state index is 13.4. The number of hydrogen-bond acceptors (Lipinski definition) is 3. The predicted octanol–water partition coefficient (Wildman–Crippen LogP) is 5.34. The molecule has 1 saturated heterocycles. The van der Waals surface area contributed by atoms with Crippen LogP contribution in [-0.4, -0.2) is 58.4 Å². The van der Waals surface area contributed by atoms with Gasteiger partial charge in [-0.1, -0.05) is 6.92 Å². The smallest absolute Gasteiger partial charge is 0.178 e. The highest BCUT2D eigenvalue weighted by atomic mass is 32.3. The number of rotatable bonds is 8. The van der Waals surface area contributed by atoms with E-state index in [1.165, 1.54) is 18.5 Å². The first-order valence-corrected chi connectivity index (χ1v) is 14.3. The van der Waals surface area contributed by atoms with Crippen molar-refractivity contribution in [2.45, 2.75) is 58.5 Å². The first-order chi connectivity index (χ1) is 14.6. The van der Waals surface area contributed by atoms with Gasteiger partial charge in [-0.15, -0.1) is 0 Å². The number of benzene rings is 1. The number of Topliss-reactive ketones (excluding diaryl/α,β-unsaturated/α-hetero) is 1. The molecule has 1 fully saturated rings. The van der Waals surface area contributed by atoms with Crippen LogP contribution in [-0.2, 0) is 6.42 Å². The number of carbonyl (C=O) groups excluding carboxylic acids is 1. The molecule has 168 valence electrons. The van der Waals surface area contributed by atoms with Gasteiger partial charge in [0.15, 0.2) is 5.78 Å². The van der Waals surface area contributed by atoms with Gasteiger partial charge in [0.05, 0.1) is 18.2 Å². The standard InChI is InChI=1S/C26H37N3OS/c1-7-22-11-8-19(2)28(22)18-26(30)25-16-24(14-15-31(4,5)6)29(20(25)3)23-12-9-21(17-27)10-13-23/h9-10,12-13,16,19,22H,7-8,11,14-15,18H2,1-6H3. The molecule has 0 aliphatic carbocycles. The summed E-state index contributed by atoms with van der Waals surface area (Å²) < 4.78 is 2.23. The van der Waals surface area contributed by atoms with Crippen LogP contribution in [0.25, 0.3) is 5.69 Å². The van der Waals surface area contributed by atoms with Crippen LogP contribution in [0.3, 0.4) is 0 Å². The Morgan fingerprint density at radius 2 is 1.87 bits per heavy atom. The molecule has 4 nitrogen and oxygen atoms in total. The maximum absolute atomic E-state index is 13.4. The van der Waals surface area contributed by atoms with Crippen molar-refractivity contribution in [2.75, 3.05) is 31.1 Å². The van der Waals surface area contributed by atoms with Crippen molar-refractivity contribution in [1.29, 1.82) is 5.26 Å². The number of nitrogens with zero attached hydrogens (tertiary/aromatic N) is 3. The third kappa shape index (κ3) is 5.42. The summed E-state index contributed by atoms with van der Waals surface area (Å²) in [6.45, 7) is 7.03. The Bertz CT molecular complexity index is 962. The van der Waals surface area contributed by atoms with Gasteiger partial charge < -0.3 is 4.57 Å². The molecule has 1 aromatic heterocycles. The average molecular weight is 440 g/mol. The number of nitriles is 1. The minimum absolute atomic E-state index is 0.224. The molecule has 2 unspecified atom stereocenters. The second-order valence-electron chi connectivity index (χ2n) is 9.76. The van der Waals surface area contributed by atoms with Crippen LogP contribution in [0.15, 0.2) is 30.3 Å². The van der Waals surface area contributed by atoms with Gasteiger partial charge in [0.2, 0.25) is 0 Å². The van der Waals surface area contributed by atoms with Gasteiger partial charge in [0.25, 0.3) is 0 Å². The van der Waals surface area contributed by atoms with Gasteiger partial charge >= 0.3 is 0 Å². The molecule has 31 heavy (non-hydrogen) atoms. The van der Waals surface area contributed by atoms with E-state index in [9.17, 15) is 4.79 Å². The van der Waals surface area contributed by atoms with E-state index in [4.69, 9.17) is 5.26 Å². The zero-order chi connectivity index (χ0) is 22.8. The van der Waals surface area contributed by atoms with E-state index in [1.807, 2.05) is 24.3 Å². The first kappa shape index (κ1) is 23.6. The molecule has 2 atom stereocenters. The molecular weight excluding hydrogens is 402 g/mol. The molecule has 3 rings (SSSR count). The van der Waals surface area contributed by atoms with E-state index in [0.29, 0.717) is 24.2 Å². The SMILES string of the molecule is CCC1CCC(C)N1CC(=O)c1cc(CCS(C)(C)C)n(-c2ccc(C#N)cc2)c1C. The van der Waals surface area contributed by atoms with E-state index in [-0.39, 0.29) is 5.78 Å². The minimum atomic E-state index is -0.642. The lowest BCUT2D eigenvalue weighted by Crippen LogP contribution is -2.38. The van der Waals surface area contributed by atoms with E-state index in [2.05, 4.69) is 61.1 Å². The summed E-state index contributed by atoms with van der Waals surface area (Å²) in [6.07, 6.45) is 11.4. The van der Waals surface area contributed by atoms with E-state index in [1.54, 1.807) is 0 Å². The molecule has 0 spiro atoms. The van der Waals surface area contributed by atoms with Crippen molar-refractivity contribution >= 4 is 15.8 Å². The third-order valence-corrected chi connectivity index (χ3v) is 8.03. The summed E-state index contributed by atoms with van der Waals surface area (Å²) in [6, 6.07) is 13.0. The Labute approximate surface area is 189 Å². The van der Waals surface area contributed by atoms with Crippen molar-refractivity contribution in [1.82, 2.24) is 9.47 Å². The molecule has 0 N–H and O–H groups in total. The van der Waals surface area contributed by atoms with E-state index >= 15 is 0 Å². The van der Waals surface area contributed by atoms with Gasteiger partial charge in [-0.2, -0.15) is 5.26 Å². The van der Waals surface area contributed by atoms with Gasteiger partial charge in [0, 0.05) is 34.7 Å². The highest BCUT2D eigenvalue weighted by Crippen LogP contribution is 2.36. The monoisotopic (exact) mass is 439 g/mol. The van der Waals surface area contributed by atoms with Crippen LogP contribution >= 0.6 is 10.0 Å². The van der Waals surface area contributed by atoms with Gasteiger partial charge in [-0.25, -0.2) is 10.0 Å². The van der Waals surface area contributed by atoms with Crippen LogP contribution in [0.5, 0.6) is 0 Å². The molecule has 5 heteroatoms. The maximum Gasteiger partial charge on any atom is 0.178 e. The van der Waals surface area contributed by atoms with Gasteiger partial charge in [-0.05, 0) is 94.4 Å². The fourth-order valence-electron chi connectivity index (χ4n) is 4.69. The zero-order valence-corrected chi connectivity index (χ0v) is 20.8. The first-order valence-electron chi connectivity index (χ1n) is 11.3. The summed E-state index contributed by atoms with van der Waals surface area (Å²) >= 11 is 0. The third-order valence-electron chi connectivity index (χ3n) is 6.60. The van der Waals surface area contributed by atoms with Crippen molar-refractivity contribution in [3.05, 3.63) is 52.8 Å². The fraction of sp³-hybridized carbons (Fsp3) is 0.538. The molecular formula is C26H37N3OS. The number of aryl methyl sites for hydroxylation is 1. The number of ketones is 1. The summed E-state index contributed by atoms with van der Waals surface area (Å²) in [5, 5.41) is 9.15. The normalized spacial score (nSPS) is 20.0. The molecule has 0 saturated carbocycles. The van der Waals surface area contributed by atoms with E-state index in [0.717, 1.165) is 35.5 Å². The molecule has 1 aliphatic rings. The minimum Gasteiger partial charge on any atom is -0.317 e. The molecule has 1 aliphatic heterocycles. The summed E-state index contributed by atoms with van der Waals surface area (Å²) in [7, 11) is -0.642. The Morgan fingerprint density at radius 3 is 2.45 bits per heavy atom. The second-order valence-corrected chi connectivity index (χ2v) is 14.3. The van der Waals surface area contributed by atoms with E-state index < -0.39 is 10.0 Å². The molecule has 2 aromatic rings. The Kier molecular flexibility index (Phi) is 7.34. The highest BCUT2D eigenvalue weighted by Gasteiger charge is 2.31. The largest absolute Gasteiger partial charge is 0.317 e. The lowest BCUT2D eigenvalue weighted by molar-refractivity contribution is 0.0888. The fourth-order valence-corrected chi connectivity index (χ4v) is 5.51. The summed E-state index contributed by atoms with van der Waals surface area (Å²) in [4.78, 5) is 15.8. The number of likely N-dealkylation sites (tertiary alicyclic amines) is 1. The lowest BCUT2D eigenvalue weighted by Gasteiger charge is -2.26. The average Bonchev–Trinajstić information content (AvgIpc) is 3.25. The topological polar surface area (TPSA) is 49.0 Å². The van der Waals surface area contributed by atoms with Crippen LogP contribution in [0.1, 0.15) is 60.4 Å². The van der Waals surface area contributed by atoms with Gasteiger partial charge in [0.1, 0.15) is 0 Å². The summed E-state index contributed by atoms with van der Waals surface area (Å²) in [5.74, 6) is 1.35. The van der Waals surface area contributed by atoms with Crippen LogP contribution in [0, 0.1) is 18.3 Å². The summed E-state index contributed by atoms with van der Waals surface area (Å²) in [5.41, 5.74) is 4.72. The number of hydrogen-bond donors (Lipinski definition) is 0. The number of aromatic nitrogens is 1. The highest BCUT2D eigenvalue weighted by molar-refractivity contribution is 8.32. The molecule has 1 aromatic carbocycles. The van der Waals surface area contributed by atoms with Crippen molar-refractivity contribution < 1.29 is 4.79 Å². The molecule has 0 amide bonds. The van der Waals surface area contributed by atoms with Crippen molar-refractivity contribution in [2.24, 2.45) is 0 Å². The molecule has 0 bridgehead atoms. The predicted molar refractivity (Wildman–Crippen MR) is 133 cm³/mol. The van der Waals surface area contributed by atoms with Crippen molar-refractivity contribution in [3.63, 3.8) is 0 Å². The molecule has 0 radical (unpaired) electrons. The van der Waals surface area contributed by atoms with Crippen LogP contribution in [0.2, 0.25) is 0 Å². The van der Waals surface area contributed by atoms with Gasteiger partial charge in [-0.3, -0.25) is 9.69 Å². The van der Waals surface area contributed by atoms with Crippen LogP contribution < -0.4 is 0 Å². The Balaban J connectivity index is 1.95. The Morgan fingerprint density at radius 1 is 1.19 bits per heavy atom.